The largest absolute Gasteiger partial charge is 0.493 e. The van der Waals surface area contributed by atoms with Crippen molar-refractivity contribution in [2.75, 3.05) is 7.11 Å². The van der Waals surface area contributed by atoms with Crippen molar-refractivity contribution in [3.63, 3.8) is 0 Å². The minimum absolute atomic E-state index is 0.101. The van der Waals surface area contributed by atoms with Gasteiger partial charge in [-0.05, 0) is 47.2 Å². The summed E-state index contributed by atoms with van der Waals surface area (Å²) in [6.07, 6.45) is 3.12. The number of benzene rings is 2. The number of hydrazone groups is 1. The number of carbonyl (C=O) groups is 2. The maximum absolute atomic E-state index is 12.7. The molecule has 6 nitrogen and oxygen atoms in total. The van der Waals surface area contributed by atoms with E-state index in [0.717, 1.165) is 10.1 Å². The quantitative estimate of drug-likeness (QED) is 0.151. The van der Waals surface area contributed by atoms with Gasteiger partial charge in [-0.3, -0.25) is 9.59 Å². The number of thiophene rings is 1. The lowest BCUT2D eigenvalue weighted by atomic mass is 10.1. The first-order valence-corrected chi connectivity index (χ1v) is 12.5. The third kappa shape index (κ3) is 5.33. The van der Waals surface area contributed by atoms with Gasteiger partial charge >= 0.3 is 5.97 Å². The average Bonchev–Trinajstić information content (AvgIpc) is 3.17. The van der Waals surface area contributed by atoms with Gasteiger partial charge in [0.1, 0.15) is 9.37 Å². The van der Waals surface area contributed by atoms with E-state index in [0.29, 0.717) is 21.2 Å². The number of carbonyl (C=O) groups excluding carboxylic acids is 2. The molecule has 1 aromatic heterocycles. The minimum atomic E-state index is -0.405. The topological polar surface area (TPSA) is 77.0 Å². The Morgan fingerprint density at radius 2 is 1.89 bits per heavy atom. The molecular weight excluding hydrogens is 531 g/mol. The molecule has 2 unspecified atom stereocenters. The lowest BCUT2D eigenvalue weighted by Gasteiger charge is -2.10. The Morgan fingerprint density at radius 1 is 1.14 bits per heavy atom. The van der Waals surface area contributed by atoms with Crippen molar-refractivity contribution in [1.82, 2.24) is 5.43 Å². The van der Waals surface area contributed by atoms with Crippen molar-refractivity contribution in [2.24, 2.45) is 22.4 Å². The van der Waals surface area contributed by atoms with Crippen LogP contribution in [-0.4, -0.2) is 25.2 Å². The Morgan fingerprint density at radius 3 is 2.57 bits per heavy atom. The van der Waals surface area contributed by atoms with E-state index in [1.165, 1.54) is 24.7 Å². The molecule has 1 saturated carbocycles. The molecule has 0 spiro atoms. The number of hydrogen-bond acceptors (Lipinski definition) is 6. The second-order valence-corrected chi connectivity index (χ2v) is 11.0. The molecule has 0 radical (unpaired) electrons. The van der Waals surface area contributed by atoms with Crippen LogP contribution in [0, 0.1) is 17.3 Å². The van der Waals surface area contributed by atoms with Crippen molar-refractivity contribution in [1.29, 1.82) is 0 Å². The zero-order chi connectivity index (χ0) is 25.3. The predicted molar refractivity (Wildman–Crippen MR) is 141 cm³/mol. The van der Waals surface area contributed by atoms with E-state index in [1.807, 2.05) is 38.1 Å². The third-order valence-corrected chi connectivity index (χ3v) is 7.92. The summed E-state index contributed by atoms with van der Waals surface area (Å²) in [5.74, 6) is -0.636. The van der Waals surface area contributed by atoms with Gasteiger partial charge < -0.3 is 9.47 Å². The highest BCUT2D eigenvalue weighted by molar-refractivity contribution is 7.21. The van der Waals surface area contributed by atoms with Crippen LogP contribution in [0.3, 0.4) is 0 Å². The molecule has 3 aromatic rings. The Balaban J connectivity index is 1.42. The molecule has 35 heavy (non-hydrogen) atoms. The van der Waals surface area contributed by atoms with Crippen molar-refractivity contribution >= 4 is 74.3 Å². The second kappa shape index (κ2) is 10.2. The van der Waals surface area contributed by atoms with E-state index in [9.17, 15) is 9.59 Å². The number of nitrogens with one attached hydrogen (secondary N) is 1. The first kappa shape index (κ1) is 25.5. The van der Waals surface area contributed by atoms with Crippen LogP contribution in [0.2, 0.25) is 5.02 Å². The summed E-state index contributed by atoms with van der Waals surface area (Å²) in [5.41, 5.74) is 2.82. The predicted octanol–water partition coefficient (Wildman–Crippen LogP) is 6.82. The first-order valence-electron chi connectivity index (χ1n) is 10.6. The summed E-state index contributed by atoms with van der Waals surface area (Å²) >= 11 is 19.2. The van der Waals surface area contributed by atoms with Crippen LogP contribution in [0.15, 0.2) is 58.1 Å². The summed E-state index contributed by atoms with van der Waals surface area (Å²) in [5, 5.41) is 5.24. The molecule has 0 saturated heterocycles. The average molecular weight is 552 g/mol. The number of ether oxygens (including phenoxy) is 2. The van der Waals surface area contributed by atoms with E-state index in [4.69, 9.17) is 44.3 Å². The van der Waals surface area contributed by atoms with Gasteiger partial charge in [-0.15, -0.1) is 11.3 Å². The Kier molecular flexibility index (Phi) is 7.43. The molecule has 0 aliphatic heterocycles. The van der Waals surface area contributed by atoms with E-state index >= 15 is 0 Å². The van der Waals surface area contributed by atoms with E-state index < -0.39 is 11.9 Å². The molecule has 10 heteroatoms. The molecule has 4 rings (SSSR count). The third-order valence-electron chi connectivity index (χ3n) is 5.99. The zero-order valence-corrected chi connectivity index (χ0v) is 22.1. The molecule has 1 aliphatic rings. The number of allylic oxidation sites excluding steroid dienone is 1. The number of hydrogen-bond donors (Lipinski definition) is 1. The molecule has 1 amide bonds. The van der Waals surface area contributed by atoms with Crippen molar-refractivity contribution < 1.29 is 19.1 Å². The Bertz CT molecular complexity index is 1360. The summed E-state index contributed by atoms with van der Waals surface area (Å²) in [7, 11) is 1.47. The standard InChI is InChI=1S/C25H21Cl3N2O4S/c1-25(2)15(11-19(26)27)20(25)24(32)34-16-9-8-13(10-17(16)33-3)12-29-30-23(31)22-21(28)14-6-4-5-7-18(14)35-22/h4-12,15,20H,1-3H3,(H,30,31). The van der Waals surface area contributed by atoms with Crippen LogP contribution in [0.4, 0.5) is 0 Å². The Hall–Kier alpha value is -2.58. The van der Waals surface area contributed by atoms with Crippen molar-refractivity contribution in [3.05, 3.63) is 68.5 Å². The van der Waals surface area contributed by atoms with Crippen LogP contribution >= 0.6 is 46.1 Å². The molecule has 0 bridgehead atoms. The summed E-state index contributed by atoms with van der Waals surface area (Å²) in [6, 6.07) is 12.5. The first-order chi connectivity index (χ1) is 16.6. The number of nitrogens with zero attached hydrogens (tertiary/aromatic N) is 1. The number of halogens is 3. The number of amides is 1. The molecule has 2 aromatic carbocycles. The van der Waals surface area contributed by atoms with Crippen LogP contribution in [0.5, 0.6) is 11.5 Å². The minimum Gasteiger partial charge on any atom is -0.493 e. The molecule has 1 heterocycles. The van der Waals surface area contributed by atoms with Crippen molar-refractivity contribution in [3.8, 4) is 11.5 Å². The van der Waals surface area contributed by atoms with E-state index in [2.05, 4.69) is 10.5 Å². The molecule has 2 atom stereocenters. The Labute approximate surface area is 221 Å². The van der Waals surface area contributed by atoms with E-state index in [1.54, 1.807) is 24.3 Å². The highest BCUT2D eigenvalue weighted by Crippen LogP contribution is 2.60. The van der Waals surface area contributed by atoms with Crippen molar-refractivity contribution in [2.45, 2.75) is 13.8 Å². The summed E-state index contributed by atoms with van der Waals surface area (Å²) in [4.78, 5) is 25.7. The summed E-state index contributed by atoms with van der Waals surface area (Å²) < 4.78 is 12.0. The van der Waals surface area contributed by atoms with Gasteiger partial charge in [0.05, 0.1) is 24.3 Å². The van der Waals surface area contributed by atoms with Gasteiger partial charge in [0.2, 0.25) is 0 Å². The molecular formula is C25H21Cl3N2O4S. The zero-order valence-electron chi connectivity index (χ0n) is 19.0. The number of rotatable bonds is 7. The SMILES string of the molecule is COc1cc(C=NNC(=O)c2sc3ccccc3c2Cl)ccc1OC(=O)C1C(C=C(Cl)Cl)C1(C)C. The van der Waals surface area contributed by atoms with Gasteiger partial charge in [0, 0.05) is 10.1 Å². The lowest BCUT2D eigenvalue weighted by molar-refractivity contribution is -0.136. The van der Waals surface area contributed by atoms with Crippen LogP contribution in [0.25, 0.3) is 10.1 Å². The fourth-order valence-electron chi connectivity index (χ4n) is 3.97. The van der Waals surface area contributed by atoms with E-state index in [-0.39, 0.29) is 27.5 Å². The fraction of sp³-hybridized carbons (Fsp3) is 0.240. The van der Waals surface area contributed by atoms with Gasteiger partial charge in [-0.25, -0.2) is 5.43 Å². The fourth-order valence-corrected chi connectivity index (χ4v) is 5.65. The summed E-state index contributed by atoms with van der Waals surface area (Å²) in [6.45, 7) is 3.90. The maximum Gasteiger partial charge on any atom is 0.315 e. The lowest BCUT2D eigenvalue weighted by Crippen LogP contribution is -2.16. The van der Waals surface area contributed by atoms with Gasteiger partial charge in [0.15, 0.2) is 11.5 Å². The monoisotopic (exact) mass is 550 g/mol. The molecule has 1 aliphatic carbocycles. The number of fused-ring (bicyclic) bond motifs is 1. The highest BCUT2D eigenvalue weighted by Gasteiger charge is 2.61. The number of methoxy groups -OCH3 is 1. The van der Waals surface area contributed by atoms with Crippen LogP contribution in [-0.2, 0) is 4.79 Å². The molecule has 1 N–H and O–H groups in total. The molecule has 182 valence electrons. The molecule has 1 fully saturated rings. The number of esters is 1. The van der Waals surface area contributed by atoms with Gasteiger partial charge in [0.25, 0.3) is 5.91 Å². The maximum atomic E-state index is 12.7. The van der Waals surface area contributed by atoms with Crippen LogP contribution in [0.1, 0.15) is 29.1 Å². The van der Waals surface area contributed by atoms with Crippen LogP contribution < -0.4 is 14.9 Å². The van der Waals surface area contributed by atoms with Gasteiger partial charge in [-0.2, -0.15) is 5.10 Å². The highest BCUT2D eigenvalue weighted by atomic mass is 35.5. The smallest absolute Gasteiger partial charge is 0.315 e. The second-order valence-electron chi connectivity index (χ2n) is 8.55. The normalized spacial score (nSPS) is 18.3. The van der Waals surface area contributed by atoms with Gasteiger partial charge in [-0.1, -0.05) is 66.8 Å².